The van der Waals surface area contributed by atoms with Crippen LogP contribution in [0.5, 0.6) is 0 Å². The number of hydrogen-bond donors (Lipinski definition) is 0. The molecule has 4 rings (SSSR count). The van der Waals surface area contributed by atoms with Gasteiger partial charge in [-0.15, -0.1) is 0 Å². The predicted molar refractivity (Wildman–Crippen MR) is 57.6 cm³/mol. The molecule has 0 aromatic heterocycles. The molecule has 0 N–H and O–H groups in total. The Bertz CT molecular complexity index is 360. The van der Waals surface area contributed by atoms with Gasteiger partial charge in [-0.25, -0.2) is 0 Å². The van der Waals surface area contributed by atoms with Crippen molar-refractivity contribution in [3.63, 3.8) is 0 Å². The van der Waals surface area contributed by atoms with Gasteiger partial charge in [0.1, 0.15) is 0 Å². The molecule has 14 heavy (non-hydrogen) atoms. The van der Waals surface area contributed by atoms with Crippen molar-refractivity contribution in [2.24, 2.45) is 35.5 Å². The monoisotopic (exact) mass is 184 g/mol. The maximum atomic E-state index is 3.95. The lowest BCUT2D eigenvalue weighted by atomic mass is 9.74. The van der Waals surface area contributed by atoms with Crippen molar-refractivity contribution in [2.75, 3.05) is 0 Å². The standard InChI is InChI=1S/C14H16/c1-2-8-5-11-7-12(8)14-10-4-3-9(6-10)13(11)14/h2-5,9-14H,1,6-7H2. The van der Waals surface area contributed by atoms with Crippen LogP contribution in [0.3, 0.4) is 0 Å². The van der Waals surface area contributed by atoms with Gasteiger partial charge in [0, 0.05) is 0 Å². The van der Waals surface area contributed by atoms with Crippen LogP contribution < -0.4 is 0 Å². The molecule has 6 atom stereocenters. The Morgan fingerprint density at radius 2 is 1.86 bits per heavy atom. The van der Waals surface area contributed by atoms with Gasteiger partial charge in [0.15, 0.2) is 0 Å². The van der Waals surface area contributed by atoms with Crippen molar-refractivity contribution in [1.29, 1.82) is 0 Å². The summed E-state index contributed by atoms with van der Waals surface area (Å²) in [6, 6.07) is 0. The van der Waals surface area contributed by atoms with Gasteiger partial charge in [0.05, 0.1) is 0 Å². The molecule has 0 aliphatic heterocycles. The Kier molecular flexibility index (Phi) is 1.20. The third kappa shape index (κ3) is 0.657. The van der Waals surface area contributed by atoms with Crippen LogP contribution in [0, 0.1) is 35.5 Å². The van der Waals surface area contributed by atoms with E-state index in [2.05, 4.69) is 30.9 Å². The van der Waals surface area contributed by atoms with Crippen LogP contribution in [-0.2, 0) is 0 Å². The zero-order valence-electron chi connectivity index (χ0n) is 8.39. The van der Waals surface area contributed by atoms with E-state index >= 15 is 0 Å². The molecule has 0 heteroatoms. The van der Waals surface area contributed by atoms with E-state index in [1.54, 1.807) is 5.57 Å². The van der Waals surface area contributed by atoms with E-state index < -0.39 is 0 Å². The fourth-order valence-corrected chi connectivity index (χ4v) is 4.80. The van der Waals surface area contributed by atoms with E-state index in [0.717, 1.165) is 35.5 Å². The average molecular weight is 184 g/mol. The Hall–Kier alpha value is -0.780. The topological polar surface area (TPSA) is 0 Å². The van der Waals surface area contributed by atoms with Crippen molar-refractivity contribution in [3.8, 4) is 0 Å². The highest BCUT2D eigenvalue weighted by Gasteiger charge is 2.57. The normalized spacial score (nSPS) is 56.4. The van der Waals surface area contributed by atoms with E-state index in [1.807, 2.05) is 0 Å². The first-order valence-electron chi connectivity index (χ1n) is 5.91. The molecule has 4 bridgehead atoms. The quantitative estimate of drug-likeness (QED) is 0.433. The van der Waals surface area contributed by atoms with Crippen molar-refractivity contribution < 1.29 is 0 Å². The van der Waals surface area contributed by atoms with E-state index in [4.69, 9.17) is 0 Å². The number of fused-ring (bicyclic) bond motifs is 9. The lowest BCUT2D eigenvalue weighted by Gasteiger charge is -2.31. The first kappa shape index (κ1) is 7.50. The van der Waals surface area contributed by atoms with Gasteiger partial charge in [-0.1, -0.05) is 30.9 Å². The second kappa shape index (κ2) is 2.24. The zero-order chi connectivity index (χ0) is 9.28. The largest absolute Gasteiger partial charge is 0.0988 e. The fourth-order valence-electron chi connectivity index (χ4n) is 4.80. The fraction of sp³-hybridized carbons (Fsp3) is 0.571. The van der Waals surface area contributed by atoms with Gasteiger partial charge in [-0.2, -0.15) is 0 Å². The van der Waals surface area contributed by atoms with Crippen molar-refractivity contribution in [2.45, 2.75) is 12.8 Å². The average Bonchev–Trinajstić information content (AvgIpc) is 2.94. The molecule has 0 saturated heterocycles. The van der Waals surface area contributed by atoms with E-state index in [1.165, 1.54) is 12.8 Å². The molecule has 2 saturated carbocycles. The molecular weight excluding hydrogens is 168 g/mol. The molecular formula is C14H16. The Morgan fingerprint density at radius 3 is 2.64 bits per heavy atom. The summed E-state index contributed by atoms with van der Waals surface area (Å²) in [4.78, 5) is 0. The van der Waals surface area contributed by atoms with E-state index in [0.29, 0.717) is 0 Å². The lowest BCUT2D eigenvalue weighted by molar-refractivity contribution is 0.284. The van der Waals surface area contributed by atoms with Gasteiger partial charge in [-0.05, 0) is 53.9 Å². The molecule has 2 fully saturated rings. The first-order chi connectivity index (χ1) is 6.88. The lowest BCUT2D eigenvalue weighted by Crippen LogP contribution is -2.25. The van der Waals surface area contributed by atoms with Gasteiger partial charge >= 0.3 is 0 Å². The highest BCUT2D eigenvalue weighted by molar-refractivity contribution is 5.35. The minimum absolute atomic E-state index is 0.877. The molecule has 0 radical (unpaired) electrons. The van der Waals surface area contributed by atoms with E-state index in [9.17, 15) is 0 Å². The third-order valence-electron chi connectivity index (χ3n) is 5.14. The van der Waals surface area contributed by atoms with Crippen LogP contribution in [-0.4, -0.2) is 0 Å². The molecule has 0 aromatic carbocycles. The molecule has 0 amide bonds. The Labute approximate surface area is 85.4 Å². The smallest absolute Gasteiger partial charge is 0.0122 e. The van der Waals surface area contributed by atoms with Crippen LogP contribution in [0.15, 0.2) is 36.5 Å². The van der Waals surface area contributed by atoms with Gasteiger partial charge in [-0.3, -0.25) is 0 Å². The highest BCUT2D eigenvalue weighted by Crippen LogP contribution is 2.64. The highest BCUT2D eigenvalue weighted by atomic mass is 14.6. The SMILES string of the molecule is C=CC1=CC2CC1C1C3C=CC(C3)C21. The van der Waals surface area contributed by atoms with Gasteiger partial charge < -0.3 is 0 Å². The van der Waals surface area contributed by atoms with E-state index in [-0.39, 0.29) is 0 Å². The molecule has 0 aromatic rings. The van der Waals surface area contributed by atoms with Crippen LogP contribution in [0.4, 0.5) is 0 Å². The third-order valence-corrected chi connectivity index (χ3v) is 5.14. The summed E-state index contributed by atoms with van der Waals surface area (Å²) in [6.07, 6.45) is 12.5. The summed E-state index contributed by atoms with van der Waals surface area (Å²) in [5.74, 6) is 5.64. The zero-order valence-corrected chi connectivity index (χ0v) is 8.39. The summed E-state index contributed by atoms with van der Waals surface area (Å²) in [5, 5.41) is 0. The van der Waals surface area contributed by atoms with Gasteiger partial charge in [0.2, 0.25) is 0 Å². The van der Waals surface area contributed by atoms with Crippen LogP contribution in [0.2, 0.25) is 0 Å². The molecule has 6 unspecified atom stereocenters. The molecule has 0 nitrogen and oxygen atoms in total. The summed E-state index contributed by atoms with van der Waals surface area (Å²) in [6.45, 7) is 3.95. The number of rotatable bonds is 1. The van der Waals surface area contributed by atoms with Crippen LogP contribution >= 0.6 is 0 Å². The first-order valence-corrected chi connectivity index (χ1v) is 5.91. The molecule has 4 aliphatic carbocycles. The number of allylic oxidation sites excluding steroid dienone is 5. The minimum Gasteiger partial charge on any atom is -0.0988 e. The predicted octanol–water partition coefficient (Wildman–Crippen LogP) is 3.19. The molecule has 0 heterocycles. The second-order valence-corrected chi connectivity index (χ2v) is 5.48. The summed E-state index contributed by atoms with van der Waals surface area (Å²) < 4.78 is 0. The van der Waals surface area contributed by atoms with Crippen molar-refractivity contribution in [1.82, 2.24) is 0 Å². The van der Waals surface area contributed by atoms with Crippen LogP contribution in [0.1, 0.15) is 12.8 Å². The molecule has 0 spiro atoms. The molecule has 72 valence electrons. The maximum Gasteiger partial charge on any atom is -0.0122 e. The summed E-state index contributed by atoms with van der Waals surface area (Å²) in [7, 11) is 0. The Morgan fingerprint density at radius 1 is 1.07 bits per heavy atom. The molecule has 4 aliphatic rings. The van der Waals surface area contributed by atoms with Crippen LogP contribution in [0.25, 0.3) is 0 Å². The van der Waals surface area contributed by atoms with Gasteiger partial charge in [0.25, 0.3) is 0 Å². The minimum atomic E-state index is 0.877. The number of hydrogen-bond acceptors (Lipinski definition) is 0. The second-order valence-electron chi connectivity index (χ2n) is 5.48. The Balaban J connectivity index is 1.80. The summed E-state index contributed by atoms with van der Waals surface area (Å²) in [5.41, 5.74) is 1.57. The van der Waals surface area contributed by atoms with Crippen molar-refractivity contribution >= 4 is 0 Å². The van der Waals surface area contributed by atoms with Crippen molar-refractivity contribution in [3.05, 3.63) is 36.5 Å². The maximum absolute atomic E-state index is 3.95. The summed E-state index contributed by atoms with van der Waals surface area (Å²) >= 11 is 0.